The molecule has 1 aliphatic heterocycles. The second-order valence-electron chi connectivity index (χ2n) is 5.86. The lowest BCUT2D eigenvalue weighted by Crippen LogP contribution is -2.54. The number of nitro benzene ring substituents is 1. The van der Waals surface area contributed by atoms with Crippen molar-refractivity contribution in [1.82, 2.24) is 5.32 Å². The maximum absolute atomic E-state index is 12.9. The Morgan fingerprint density at radius 3 is 2.66 bits per heavy atom. The molecule has 0 radical (unpaired) electrons. The molecule has 0 spiro atoms. The predicted molar refractivity (Wildman–Crippen MR) is 111 cm³/mol. The molecule has 0 aliphatic carbocycles. The average molecular weight is 409 g/mol. The van der Waals surface area contributed by atoms with Gasteiger partial charge in [0.1, 0.15) is 11.3 Å². The fourth-order valence-electron chi connectivity index (χ4n) is 2.70. The molecule has 3 rings (SSSR count). The van der Waals surface area contributed by atoms with Crippen LogP contribution in [0.1, 0.15) is 5.56 Å². The van der Waals surface area contributed by atoms with Crippen molar-refractivity contribution in [2.45, 2.75) is 0 Å². The minimum absolute atomic E-state index is 0.0481. The number of rotatable bonds is 5. The minimum atomic E-state index is -0.647. The van der Waals surface area contributed by atoms with Crippen LogP contribution in [0.5, 0.6) is 5.75 Å². The first-order chi connectivity index (χ1) is 13.9. The third-order valence-electron chi connectivity index (χ3n) is 4.09. The van der Waals surface area contributed by atoms with E-state index in [0.29, 0.717) is 17.0 Å². The zero-order valence-electron chi connectivity index (χ0n) is 15.2. The van der Waals surface area contributed by atoms with Crippen molar-refractivity contribution in [1.29, 1.82) is 0 Å². The molecule has 0 atom stereocenters. The van der Waals surface area contributed by atoms with Crippen molar-refractivity contribution in [3.8, 4) is 5.75 Å². The largest absolute Gasteiger partial charge is 0.497 e. The van der Waals surface area contributed by atoms with Crippen molar-refractivity contribution in [2.24, 2.45) is 0 Å². The highest BCUT2D eigenvalue weighted by Gasteiger charge is 2.34. The number of para-hydroxylation sites is 1. The molecule has 1 saturated heterocycles. The van der Waals surface area contributed by atoms with Crippen molar-refractivity contribution >= 4 is 46.6 Å². The van der Waals surface area contributed by atoms with Crippen LogP contribution in [0.25, 0.3) is 6.08 Å². The molecule has 9 heteroatoms. The first-order valence-corrected chi connectivity index (χ1v) is 8.79. The Balaban J connectivity index is 1.92. The zero-order valence-corrected chi connectivity index (χ0v) is 16.0. The smallest absolute Gasteiger partial charge is 0.276 e. The van der Waals surface area contributed by atoms with E-state index in [1.165, 1.54) is 36.3 Å². The topological polar surface area (TPSA) is 102 Å². The predicted octanol–water partition coefficient (Wildman–Crippen LogP) is 2.99. The molecule has 1 aliphatic rings. The summed E-state index contributed by atoms with van der Waals surface area (Å²) in [5.41, 5.74) is 0.545. The molecular formula is C20H15N3O5S. The van der Waals surface area contributed by atoms with Gasteiger partial charge in [-0.1, -0.05) is 24.3 Å². The van der Waals surface area contributed by atoms with Gasteiger partial charge < -0.3 is 4.74 Å². The molecule has 29 heavy (non-hydrogen) atoms. The van der Waals surface area contributed by atoms with E-state index >= 15 is 0 Å². The highest BCUT2D eigenvalue weighted by Crippen LogP contribution is 2.25. The monoisotopic (exact) mass is 409 g/mol. The summed E-state index contributed by atoms with van der Waals surface area (Å²) in [7, 11) is 1.50. The number of hydrogen-bond acceptors (Lipinski definition) is 6. The molecule has 0 bridgehead atoms. The van der Waals surface area contributed by atoms with E-state index in [1.54, 1.807) is 42.5 Å². The number of benzene rings is 2. The molecule has 1 fully saturated rings. The van der Waals surface area contributed by atoms with Gasteiger partial charge in [-0.15, -0.1) is 0 Å². The Morgan fingerprint density at radius 2 is 1.93 bits per heavy atom. The summed E-state index contributed by atoms with van der Waals surface area (Å²) in [6.07, 6.45) is 4.16. The van der Waals surface area contributed by atoms with Crippen LogP contribution >= 0.6 is 12.2 Å². The number of nitrogens with zero attached hydrogens (tertiary/aromatic N) is 2. The fourth-order valence-corrected chi connectivity index (χ4v) is 2.98. The third-order valence-corrected chi connectivity index (χ3v) is 4.37. The van der Waals surface area contributed by atoms with E-state index in [1.807, 2.05) is 0 Å². The fraction of sp³-hybridized carbons (Fsp3) is 0.0500. The van der Waals surface area contributed by atoms with Crippen molar-refractivity contribution in [3.05, 3.63) is 81.9 Å². The number of methoxy groups -OCH3 is 1. The first kappa shape index (κ1) is 19.9. The number of thiocarbonyl (C=S) groups is 1. The summed E-state index contributed by atoms with van der Waals surface area (Å²) >= 11 is 5.14. The summed E-state index contributed by atoms with van der Waals surface area (Å²) in [5, 5.41) is 13.5. The Bertz CT molecular complexity index is 1080. The van der Waals surface area contributed by atoms with Gasteiger partial charge in [0.15, 0.2) is 5.11 Å². The van der Waals surface area contributed by atoms with Gasteiger partial charge in [-0.05, 0) is 42.6 Å². The van der Waals surface area contributed by atoms with E-state index in [2.05, 4.69) is 5.32 Å². The summed E-state index contributed by atoms with van der Waals surface area (Å²) in [6.45, 7) is 0. The van der Waals surface area contributed by atoms with E-state index in [0.717, 1.165) is 0 Å². The standard InChI is InChI=1S/C20H15N3O5S/c1-28-15-9-5-8-14(12-15)22-19(25)16(18(24)21-20(22)29)10-4-7-13-6-2-3-11-17(13)23(26)27/h2-12H,1H3,(H,21,24,29)/b7-4+,16-10+. The number of carbonyl (C=O) groups is 2. The molecule has 146 valence electrons. The summed E-state index contributed by atoms with van der Waals surface area (Å²) in [4.78, 5) is 36.9. The molecule has 0 unspecified atom stereocenters. The molecular weight excluding hydrogens is 394 g/mol. The quantitative estimate of drug-likeness (QED) is 0.268. The van der Waals surface area contributed by atoms with Crippen LogP contribution in [0, 0.1) is 10.1 Å². The van der Waals surface area contributed by atoms with Crippen molar-refractivity contribution < 1.29 is 19.2 Å². The number of hydrogen-bond donors (Lipinski definition) is 1. The average Bonchev–Trinajstić information content (AvgIpc) is 2.70. The summed E-state index contributed by atoms with van der Waals surface area (Å²) in [6, 6.07) is 12.8. The molecule has 2 aromatic carbocycles. The maximum Gasteiger partial charge on any atom is 0.276 e. The Kier molecular flexibility index (Phi) is 5.79. The van der Waals surface area contributed by atoms with Crippen LogP contribution in [0.2, 0.25) is 0 Å². The normalized spacial score (nSPS) is 15.7. The van der Waals surface area contributed by atoms with Crippen molar-refractivity contribution in [2.75, 3.05) is 12.0 Å². The number of amides is 2. The van der Waals surface area contributed by atoms with Crippen molar-refractivity contribution in [3.63, 3.8) is 0 Å². The maximum atomic E-state index is 12.9. The number of carbonyl (C=O) groups excluding carboxylic acids is 2. The highest BCUT2D eigenvalue weighted by molar-refractivity contribution is 7.80. The molecule has 2 aromatic rings. The van der Waals surface area contributed by atoms with Gasteiger partial charge >= 0.3 is 0 Å². The zero-order chi connectivity index (χ0) is 21.0. The Hall–Kier alpha value is -3.85. The van der Waals surface area contributed by atoms with Gasteiger partial charge in [0, 0.05) is 12.1 Å². The second-order valence-corrected chi connectivity index (χ2v) is 6.24. The molecule has 1 N–H and O–H groups in total. The molecule has 8 nitrogen and oxygen atoms in total. The summed E-state index contributed by atoms with van der Waals surface area (Å²) < 4.78 is 5.16. The lowest BCUT2D eigenvalue weighted by molar-refractivity contribution is -0.385. The summed E-state index contributed by atoms with van der Waals surface area (Å²) in [5.74, 6) is -0.734. The second kappa shape index (κ2) is 8.44. The van der Waals surface area contributed by atoms with Crippen LogP contribution in [0.15, 0.2) is 66.3 Å². The van der Waals surface area contributed by atoms with E-state index in [9.17, 15) is 19.7 Å². The Morgan fingerprint density at radius 1 is 1.17 bits per heavy atom. The van der Waals surface area contributed by atoms with Crippen LogP contribution in [-0.2, 0) is 9.59 Å². The minimum Gasteiger partial charge on any atom is -0.497 e. The van der Waals surface area contributed by atoms with Gasteiger partial charge in [0.05, 0.1) is 23.3 Å². The molecule has 0 aromatic heterocycles. The number of ether oxygens (including phenoxy) is 1. The van der Waals surface area contributed by atoms with Crippen LogP contribution < -0.4 is 15.0 Å². The molecule has 2 amide bonds. The number of nitro groups is 1. The van der Waals surface area contributed by atoms with Gasteiger partial charge in [0.25, 0.3) is 17.5 Å². The first-order valence-electron chi connectivity index (χ1n) is 8.38. The van der Waals surface area contributed by atoms with Gasteiger partial charge in [-0.2, -0.15) is 0 Å². The molecule has 0 saturated carbocycles. The van der Waals surface area contributed by atoms with E-state index in [4.69, 9.17) is 17.0 Å². The number of allylic oxidation sites excluding steroid dienone is 2. The van der Waals surface area contributed by atoms with Gasteiger partial charge in [-0.3, -0.25) is 29.9 Å². The lowest BCUT2D eigenvalue weighted by Gasteiger charge is -2.28. The third kappa shape index (κ3) is 4.19. The van der Waals surface area contributed by atoms with Gasteiger partial charge in [-0.25, -0.2) is 0 Å². The van der Waals surface area contributed by atoms with E-state index in [-0.39, 0.29) is 16.4 Å². The lowest BCUT2D eigenvalue weighted by atomic mass is 10.1. The van der Waals surface area contributed by atoms with Crippen LogP contribution in [0.4, 0.5) is 11.4 Å². The number of anilines is 1. The molecule has 1 heterocycles. The van der Waals surface area contributed by atoms with Gasteiger partial charge in [0.2, 0.25) is 0 Å². The van der Waals surface area contributed by atoms with E-state index < -0.39 is 16.7 Å². The van der Waals surface area contributed by atoms with Crippen LogP contribution in [-0.4, -0.2) is 29.0 Å². The van der Waals surface area contributed by atoms with Crippen LogP contribution in [0.3, 0.4) is 0 Å². The Labute approximate surface area is 171 Å². The SMILES string of the molecule is COc1cccc(N2C(=O)/C(=C/C=C/c3ccccc3[N+](=O)[O-])C(=O)NC2=S)c1. The number of nitrogens with one attached hydrogen (secondary N) is 1. The highest BCUT2D eigenvalue weighted by atomic mass is 32.1.